The molecular weight excluding hydrogens is 290 g/mol. The summed E-state index contributed by atoms with van der Waals surface area (Å²) in [6.07, 6.45) is 2.45. The lowest BCUT2D eigenvalue weighted by molar-refractivity contribution is 0.238. The Hall–Kier alpha value is -1.95. The van der Waals surface area contributed by atoms with Crippen LogP contribution in [-0.4, -0.2) is 46.2 Å². The second-order valence-electron chi connectivity index (χ2n) is 7.02. The fourth-order valence-electron chi connectivity index (χ4n) is 4.30. The number of hydrogen-bond donors (Lipinski definition) is 1. The summed E-state index contributed by atoms with van der Waals surface area (Å²) in [4.78, 5) is 16.6. The molecule has 5 rings (SSSR count). The number of nitrogens with zero attached hydrogens (tertiary/aromatic N) is 4. The zero-order valence-electron chi connectivity index (χ0n) is 13.8. The molecule has 3 aliphatic heterocycles. The Morgan fingerprint density at radius 2 is 2.00 bits per heavy atom. The molecule has 23 heavy (non-hydrogen) atoms. The van der Waals surface area contributed by atoms with Crippen LogP contribution >= 0.6 is 0 Å². The number of anilines is 1. The predicted molar refractivity (Wildman–Crippen MR) is 88.1 cm³/mol. The maximum atomic E-state index is 6.14. The number of pyridine rings is 1. The van der Waals surface area contributed by atoms with Crippen molar-refractivity contribution in [3.8, 4) is 5.88 Å². The quantitative estimate of drug-likeness (QED) is 0.798. The van der Waals surface area contributed by atoms with E-state index in [0.717, 1.165) is 40.3 Å². The number of piperazine rings is 1. The summed E-state index contributed by atoms with van der Waals surface area (Å²) in [5.41, 5.74) is 3.09. The third kappa shape index (κ3) is 1.81. The zero-order valence-corrected chi connectivity index (χ0v) is 13.8. The van der Waals surface area contributed by atoms with E-state index in [1.165, 1.54) is 12.8 Å². The van der Waals surface area contributed by atoms with Crippen LogP contribution in [0.2, 0.25) is 0 Å². The Kier molecular flexibility index (Phi) is 2.66. The lowest BCUT2D eigenvalue weighted by Gasteiger charge is -2.40. The van der Waals surface area contributed by atoms with Crippen molar-refractivity contribution >= 4 is 16.7 Å². The maximum Gasteiger partial charge on any atom is 0.227 e. The van der Waals surface area contributed by atoms with E-state index in [-0.39, 0.29) is 0 Å². The number of ether oxygens (including phenoxy) is 1. The first kappa shape index (κ1) is 13.5. The highest BCUT2D eigenvalue weighted by Crippen LogP contribution is 2.40. The van der Waals surface area contributed by atoms with Crippen molar-refractivity contribution in [1.82, 2.24) is 20.3 Å². The van der Waals surface area contributed by atoms with Crippen molar-refractivity contribution in [2.75, 3.05) is 18.1 Å². The van der Waals surface area contributed by atoms with E-state index in [1.54, 1.807) is 0 Å². The summed E-state index contributed by atoms with van der Waals surface area (Å²) in [5, 5.41) is 4.72. The van der Waals surface area contributed by atoms with Gasteiger partial charge in [0.15, 0.2) is 0 Å². The molecule has 2 fully saturated rings. The Bertz CT molecular complexity index is 820. The summed E-state index contributed by atoms with van der Waals surface area (Å²) in [6.45, 7) is 7.73. The van der Waals surface area contributed by atoms with Crippen molar-refractivity contribution < 1.29 is 4.74 Å². The minimum Gasteiger partial charge on any atom is -0.475 e. The molecule has 0 aromatic carbocycles. The third-order valence-corrected chi connectivity index (χ3v) is 5.60. The standard InChI is InChI=1S/C17H21N5O/c1-8-9(2)18-17-14-15(8)19-10(3)20-16(14)22-6-11-4-5-12(21-11)13(22)7-23-17/h11-13,21H,4-7H2,1-3H3/t11-,12+,13-/m1/s1. The molecular formula is C17H21N5O. The van der Waals surface area contributed by atoms with Gasteiger partial charge in [0.1, 0.15) is 23.6 Å². The number of rotatable bonds is 0. The van der Waals surface area contributed by atoms with Gasteiger partial charge in [0, 0.05) is 24.3 Å². The fraction of sp³-hybridized carbons (Fsp3) is 0.588. The van der Waals surface area contributed by atoms with Gasteiger partial charge in [-0.3, -0.25) is 0 Å². The van der Waals surface area contributed by atoms with Crippen molar-refractivity contribution in [2.45, 2.75) is 51.7 Å². The Morgan fingerprint density at radius 1 is 1.13 bits per heavy atom. The number of fused-ring (bicyclic) bond motifs is 5. The summed E-state index contributed by atoms with van der Waals surface area (Å²) >= 11 is 0. The summed E-state index contributed by atoms with van der Waals surface area (Å²) in [7, 11) is 0. The van der Waals surface area contributed by atoms with Crippen molar-refractivity contribution in [3.63, 3.8) is 0 Å². The van der Waals surface area contributed by atoms with Crippen LogP contribution in [-0.2, 0) is 0 Å². The maximum absolute atomic E-state index is 6.14. The first-order chi connectivity index (χ1) is 11.1. The molecule has 0 unspecified atom stereocenters. The smallest absolute Gasteiger partial charge is 0.227 e. The molecule has 120 valence electrons. The van der Waals surface area contributed by atoms with Gasteiger partial charge in [0.2, 0.25) is 5.88 Å². The minimum atomic E-state index is 0.320. The first-order valence-corrected chi connectivity index (χ1v) is 8.43. The molecule has 0 saturated carbocycles. The SMILES string of the molecule is Cc1nc2c3c(nc(C)c(C)c3n1)OC[C@@H]1[C@@H]3CC[C@H](CN21)N3. The van der Waals surface area contributed by atoms with Crippen LogP contribution in [0.25, 0.3) is 10.9 Å². The van der Waals surface area contributed by atoms with Crippen molar-refractivity contribution in [2.24, 2.45) is 0 Å². The summed E-state index contributed by atoms with van der Waals surface area (Å²) in [5.74, 6) is 2.53. The monoisotopic (exact) mass is 311 g/mol. The van der Waals surface area contributed by atoms with Crippen LogP contribution in [0.1, 0.15) is 29.9 Å². The van der Waals surface area contributed by atoms with Crippen LogP contribution < -0.4 is 15.0 Å². The average Bonchev–Trinajstić information content (AvgIpc) is 2.84. The zero-order chi connectivity index (χ0) is 15.7. The molecule has 0 aliphatic carbocycles. The van der Waals surface area contributed by atoms with E-state index in [1.807, 2.05) is 13.8 Å². The fourth-order valence-corrected chi connectivity index (χ4v) is 4.30. The number of aryl methyl sites for hydroxylation is 3. The van der Waals surface area contributed by atoms with Gasteiger partial charge in [-0.25, -0.2) is 15.0 Å². The van der Waals surface area contributed by atoms with Gasteiger partial charge < -0.3 is 15.0 Å². The van der Waals surface area contributed by atoms with Crippen LogP contribution in [0.3, 0.4) is 0 Å². The van der Waals surface area contributed by atoms with Crippen LogP contribution in [0.4, 0.5) is 5.82 Å². The Labute approximate surface area is 135 Å². The van der Waals surface area contributed by atoms with E-state index in [0.29, 0.717) is 30.6 Å². The molecule has 2 aromatic heterocycles. The number of nitrogens with one attached hydrogen (secondary N) is 1. The topological polar surface area (TPSA) is 63.2 Å². The molecule has 0 spiro atoms. The second kappa shape index (κ2) is 4.54. The van der Waals surface area contributed by atoms with Gasteiger partial charge in [0.05, 0.1) is 11.6 Å². The lowest BCUT2D eigenvalue weighted by atomic mass is 10.1. The number of hydrogen-bond acceptors (Lipinski definition) is 6. The van der Waals surface area contributed by atoms with Crippen LogP contribution in [0.15, 0.2) is 0 Å². The van der Waals surface area contributed by atoms with Crippen molar-refractivity contribution in [1.29, 1.82) is 0 Å². The Morgan fingerprint density at radius 3 is 2.87 bits per heavy atom. The molecule has 0 amide bonds. The molecule has 3 atom stereocenters. The van der Waals surface area contributed by atoms with Gasteiger partial charge >= 0.3 is 0 Å². The van der Waals surface area contributed by atoms with Gasteiger partial charge in [-0.15, -0.1) is 0 Å². The first-order valence-electron chi connectivity index (χ1n) is 8.43. The highest BCUT2D eigenvalue weighted by Gasteiger charge is 2.43. The van der Waals surface area contributed by atoms with Crippen LogP contribution in [0, 0.1) is 20.8 Å². The summed E-state index contributed by atoms with van der Waals surface area (Å²) in [6, 6.07) is 1.36. The summed E-state index contributed by atoms with van der Waals surface area (Å²) < 4.78 is 6.14. The highest BCUT2D eigenvalue weighted by molar-refractivity contribution is 5.96. The lowest BCUT2D eigenvalue weighted by Crippen LogP contribution is -2.60. The predicted octanol–water partition coefficient (Wildman–Crippen LogP) is 1.65. The molecule has 3 aliphatic rings. The van der Waals surface area contributed by atoms with Gasteiger partial charge in [-0.05, 0) is 39.2 Å². The molecule has 6 heteroatoms. The van der Waals surface area contributed by atoms with E-state index >= 15 is 0 Å². The molecule has 2 bridgehead atoms. The average molecular weight is 311 g/mol. The van der Waals surface area contributed by atoms with E-state index < -0.39 is 0 Å². The van der Waals surface area contributed by atoms with Gasteiger partial charge in [0.25, 0.3) is 0 Å². The van der Waals surface area contributed by atoms with E-state index in [4.69, 9.17) is 19.7 Å². The number of aromatic nitrogens is 3. The van der Waals surface area contributed by atoms with Crippen LogP contribution in [0.5, 0.6) is 5.88 Å². The normalized spacial score (nSPS) is 28.5. The molecule has 2 aromatic rings. The minimum absolute atomic E-state index is 0.320. The molecule has 2 saturated heterocycles. The molecule has 0 radical (unpaired) electrons. The van der Waals surface area contributed by atoms with E-state index in [2.05, 4.69) is 17.1 Å². The van der Waals surface area contributed by atoms with E-state index in [9.17, 15) is 0 Å². The molecule has 6 nitrogen and oxygen atoms in total. The third-order valence-electron chi connectivity index (χ3n) is 5.60. The highest BCUT2D eigenvalue weighted by atomic mass is 16.5. The molecule has 5 heterocycles. The van der Waals surface area contributed by atoms with Gasteiger partial charge in [-0.2, -0.15) is 0 Å². The molecule has 1 N–H and O–H groups in total. The largest absolute Gasteiger partial charge is 0.475 e. The van der Waals surface area contributed by atoms with Crippen molar-refractivity contribution in [3.05, 3.63) is 17.1 Å². The Balaban J connectivity index is 1.80. The second-order valence-corrected chi connectivity index (χ2v) is 7.02. The van der Waals surface area contributed by atoms with Gasteiger partial charge in [-0.1, -0.05) is 0 Å².